The minimum atomic E-state index is 0.184. The Balaban J connectivity index is 2.20. The molecule has 4 heteroatoms. The first kappa shape index (κ1) is 14.5. The largest absolute Gasteiger partial charge is 0.352 e. The van der Waals surface area contributed by atoms with Crippen LogP contribution in [0.1, 0.15) is 40.0 Å². The molecule has 1 rings (SSSR count). The number of hydrogen-bond donors (Lipinski definition) is 2. The van der Waals surface area contributed by atoms with Crippen LogP contribution in [-0.4, -0.2) is 49.1 Å². The Morgan fingerprint density at radius 3 is 2.71 bits per heavy atom. The van der Waals surface area contributed by atoms with Gasteiger partial charge in [-0.3, -0.25) is 4.79 Å². The van der Waals surface area contributed by atoms with Gasteiger partial charge in [-0.15, -0.1) is 0 Å². The van der Waals surface area contributed by atoms with Gasteiger partial charge in [-0.1, -0.05) is 13.8 Å². The zero-order chi connectivity index (χ0) is 12.7. The lowest BCUT2D eigenvalue weighted by Crippen LogP contribution is -2.43. The van der Waals surface area contributed by atoms with E-state index in [9.17, 15) is 4.79 Å². The van der Waals surface area contributed by atoms with Crippen molar-refractivity contribution in [2.24, 2.45) is 0 Å². The summed E-state index contributed by atoms with van der Waals surface area (Å²) >= 11 is 0. The number of rotatable bonds is 7. The van der Waals surface area contributed by atoms with E-state index in [1.54, 1.807) is 0 Å². The zero-order valence-corrected chi connectivity index (χ0v) is 11.5. The van der Waals surface area contributed by atoms with Crippen LogP contribution in [0.25, 0.3) is 0 Å². The van der Waals surface area contributed by atoms with Crippen LogP contribution in [0.4, 0.5) is 0 Å². The maximum Gasteiger partial charge on any atom is 0.221 e. The first-order valence-electron chi connectivity index (χ1n) is 6.90. The Labute approximate surface area is 105 Å². The van der Waals surface area contributed by atoms with Crippen molar-refractivity contribution in [1.29, 1.82) is 0 Å². The average Bonchev–Trinajstić information content (AvgIpc) is 2.78. The number of amides is 1. The van der Waals surface area contributed by atoms with E-state index in [4.69, 9.17) is 0 Å². The number of likely N-dealkylation sites (N-methyl/N-ethyl adjacent to an activating group) is 1. The lowest BCUT2D eigenvalue weighted by Gasteiger charge is -2.23. The van der Waals surface area contributed by atoms with Crippen molar-refractivity contribution in [3.63, 3.8) is 0 Å². The Morgan fingerprint density at radius 1 is 1.47 bits per heavy atom. The molecule has 2 unspecified atom stereocenters. The summed E-state index contributed by atoms with van der Waals surface area (Å²) in [5.41, 5.74) is 0. The van der Waals surface area contributed by atoms with Crippen molar-refractivity contribution in [3.05, 3.63) is 0 Å². The van der Waals surface area contributed by atoms with Crippen molar-refractivity contribution >= 4 is 5.91 Å². The molecule has 0 radical (unpaired) electrons. The van der Waals surface area contributed by atoms with E-state index in [1.165, 1.54) is 6.42 Å². The fourth-order valence-electron chi connectivity index (χ4n) is 2.40. The Morgan fingerprint density at radius 2 is 2.18 bits per heavy atom. The molecule has 1 heterocycles. The minimum absolute atomic E-state index is 0.184. The fraction of sp³-hybridized carbons (Fsp3) is 0.923. The van der Waals surface area contributed by atoms with Crippen molar-refractivity contribution in [1.82, 2.24) is 15.5 Å². The molecule has 1 amide bonds. The van der Waals surface area contributed by atoms with E-state index in [2.05, 4.69) is 36.3 Å². The third-order valence-corrected chi connectivity index (χ3v) is 3.43. The number of nitrogens with zero attached hydrogens (tertiary/aromatic N) is 1. The first-order valence-corrected chi connectivity index (χ1v) is 6.90. The molecule has 0 aromatic rings. The Kier molecular flexibility index (Phi) is 6.52. The van der Waals surface area contributed by atoms with Gasteiger partial charge in [0.05, 0.1) is 0 Å². The highest BCUT2D eigenvalue weighted by Crippen LogP contribution is 2.08. The summed E-state index contributed by atoms with van der Waals surface area (Å²) < 4.78 is 0. The molecule has 1 saturated heterocycles. The van der Waals surface area contributed by atoms with Gasteiger partial charge in [-0.25, -0.2) is 0 Å². The summed E-state index contributed by atoms with van der Waals surface area (Å²) in [5, 5.41) is 6.44. The van der Waals surface area contributed by atoms with E-state index in [1.807, 2.05) is 0 Å². The summed E-state index contributed by atoms with van der Waals surface area (Å²) in [6.45, 7) is 10.5. The molecule has 0 bridgehead atoms. The fourth-order valence-corrected chi connectivity index (χ4v) is 2.40. The molecule has 0 aliphatic carbocycles. The molecular weight excluding hydrogens is 214 g/mol. The number of hydrogen-bond acceptors (Lipinski definition) is 3. The van der Waals surface area contributed by atoms with E-state index in [0.29, 0.717) is 12.5 Å². The molecule has 2 N–H and O–H groups in total. The van der Waals surface area contributed by atoms with Crippen LogP contribution in [0.3, 0.4) is 0 Å². The monoisotopic (exact) mass is 241 g/mol. The third kappa shape index (κ3) is 5.50. The topological polar surface area (TPSA) is 44.4 Å². The minimum Gasteiger partial charge on any atom is -0.352 e. The van der Waals surface area contributed by atoms with Gasteiger partial charge in [0.2, 0.25) is 5.91 Å². The summed E-state index contributed by atoms with van der Waals surface area (Å²) in [5.74, 6) is 0.184. The highest BCUT2D eigenvalue weighted by atomic mass is 16.1. The van der Waals surface area contributed by atoms with Crippen LogP contribution in [0.2, 0.25) is 0 Å². The Bertz CT molecular complexity index is 223. The second-order valence-corrected chi connectivity index (χ2v) is 4.95. The number of carbonyl (C=O) groups is 1. The molecule has 0 saturated carbocycles. The molecule has 1 fully saturated rings. The number of carbonyl (C=O) groups excluding carboxylic acids is 1. The van der Waals surface area contributed by atoms with Crippen LogP contribution in [0, 0.1) is 0 Å². The molecule has 17 heavy (non-hydrogen) atoms. The molecule has 0 spiro atoms. The van der Waals surface area contributed by atoms with Gasteiger partial charge in [0.15, 0.2) is 0 Å². The molecule has 2 atom stereocenters. The second-order valence-electron chi connectivity index (χ2n) is 4.95. The van der Waals surface area contributed by atoms with E-state index < -0.39 is 0 Å². The molecule has 4 nitrogen and oxygen atoms in total. The molecule has 0 aromatic carbocycles. The summed E-state index contributed by atoms with van der Waals surface area (Å²) in [6, 6.07) is 0.638. The highest BCUT2D eigenvalue weighted by Gasteiger charge is 2.18. The van der Waals surface area contributed by atoms with Gasteiger partial charge in [0, 0.05) is 25.0 Å². The van der Waals surface area contributed by atoms with Crippen LogP contribution in [0.5, 0.6) is 0 Å². The summed E-state index contributed by atoms with van der Waals surface area (Å²) in [6.07, 6.45) is 2.97. The standard InChI is InChI=1S/C13H27N3O/c1-4-16(5-2)10-11(3)15-13(17)9-12-7-6-8-14-12/h11-12,14H,4-10H2,1-3H3,(H,15,17). The normalized spacial score (nSPS) is 21.8. The van der Waals surface area contributed by atoms with Gasteiger partial charge in [0.25, 0.3) is 0 Å². The highest BCUT2D eigenvalue weighted by molar-refractivity contribution is 5.76. The SMILES string of the molecule is CCN(CC)CC(C)NC(=O)CC1CCCN1. The smallest absolute Gasteiger partial charge is 0.221 e. The predicted molar refractivity (Wildman–Crippen MR) is 71.0 cm³/mol. The number of nitrogens with one attached hydrogen (secondary N) is 2. The van der Waals surface area contributed by atoms with E-state index >= 15 is 0 Å². The van der Waals surface area contributed by atoms with Gasteiger partial charge >= 0.3 is 0 Å². The predicted octanol–water partition coefficient (Wildman–Crippen LogP) is 0.975. The molecular formula is C13H27N3O. The molecule has 1 aliphatic rings. The van der Waals surface area contributed by atoms with Crippen molar-refractivity contribution < 1.29 is 4.79 Å². The first-order chi connectivity index (χ1) is 8.15. The lowest BCUT2D eigenvalue weighted by molar-refractivity contribution is -0.122. The Hall–Kier alpha value is -0.610. The maximum atomic E-state index is 11.8. The maximum absolute atomic E-state index is 11.8. The van der Waals surface area contributed by atoms with Crippen molar-refractivity contribution in [2.75, 3.05) is 26.2 Å². The van der Waals surface area contributed by atoms with Gasteiger partial charge < -0.3 is 15.5 Å². The van der Waals surface area contributed by atoms with Crippen molar-refractivity contribution in [2.45, 2.75) is 52.1 Å². The zero-order valence-electron chi connectivity index (χ0n) is 11.5. The van der Waals surface area contributed by atoms with Gasteiger partial charge in [0.1, 0.15) is 0 Å². The van der Waals surface area contributed by atoms with Crippen LogP contribution in [-0.2, 0) is 4.79 Å². The van der Waals surface area contributed by atoms with Crippen LogP contribution in [0.15, 0.2) is 0 Å². The van der Waals surface area contributed by atoms with Crippen LogP contribution >= 0.6 is 0 Å². The lowest BCUT2D eigenvalue weighted by atomic mass is 10.1. The molecule has 1 aliphatic heterocycles. The summed E-state index contributed by atoms with van der Waals surface area (Å²) in [4.78, 5) is 14.1. The van der Waals surface area contributed by atoms with Gasteiger partial charge in [-0.2, -0.15) is 0 Å². The van der Waals surface area contributed by atoms with E-state index in [0.717, 1.165) is 32.6 Å². The molecule has 100 valence electrons. The molecule has 0 aromatic heterocycles. The van der Waals surface area contributed by atoms with Crippen LogP contribution < -0.4 is 10.6 Å². The second kappa shape index (κ2) is 7.67. The average molecular weight is 241 g/mol. The third-order valence-electron chi connectivity index (χ3n) is 3.43. The van der Waals surface area contributed by atoms with Gasteiger partial charge in [-0.05, 0) is 39.4 Å². The van der Waals surface area contributed by atoms with E-state index in [-0.39, 0.29) is 11.9 Å². The summed E-state index contributed by atoms with van der Waals surface area (Å²) in [7, 11) is 0. The quantitative estimate of drug-likeness (QED) is 0.698. The van der Waals surface area contributed by atoms with Crippen molar-refractivity contribution in [3.8, 4) is 0 Å².